The number of nitrogens with zero attached hydrogens (tertiary/aromatic N) is 2. The number of hydrogen-bond acceptors (Lipinski definition) is 6. The summed E-state index contributed by atoms with van der Waals surface area (Å²) in [7, 11) is 0. The van der Waals surface area contributed by atoms with E-state index < -0.39 is 16.7 Å². The maximum absolute atomic E-state index is 11.6. The minimum absolute atomic E-state index is 0.128. The van der Waals surface area contributed by atoms with E-state index in [1.807, 2.05) is 6.07 Å². The second-order valence-electron chi connectivity index (χ2n) is 4.99. The molecule has 2 aromatic rings. The van der Waals surface area contributed by atoms with Gasteiger partial charge in [-0.1, -0.05) is 30.3 Å². The lowest BCUT2D eigenvalue weighted by atomic mass is 10.2. The van der Waals surface area contributed by atoms with Crippen molar-refractivity contribution < 1.29 is 19.2 Å². The second kappa shape index (κ2) is 9.52. The molecular weight excluding hydrogens is 340 g/mol. The van der Waals surface area contributed by atoms with Gasteiger partial charge in [0.05, 0.1) is 23.2 Å². The summed E-state index contributed by atoms with van der Waals surface area (Å²) < 4.78 is 5.24. The zero-order chi connectivity index (χ0) is 18.8. The Morgan fingerprint density at radius 1 is 1.08 bits per heavy atom. The lowest BCUT2D eigenvalue weighted by Gasteiger charge is -2.06. The zero-order valence-corrected chi connectivity index (χ0v) is 13.6. The molecule has 9 nitrogen and oxygen atoms in total. The van der Waals surface area contributed by atoms with Crippen LogP contribution in [0.4, 0.5) is 5.69 Å². The molecule has 26 heavy (non-hydrogen) atoms. The monoisotopic (exact) mass is 356 g/mol. The molecule has 0 radical (unpaired) electrons. The first kappa shape index (κ1) is 18.6. The van der Waals surface area contributed by atoms with E-state index in [0.29, 0.717) is 5.75 Å². The molecule has 0 saturated heterocycles. The van der Waals surface area contributed by atoms with Crippen molar-refractivity contribution >= 4 is 23.7 Å². The van der Waals surface area contributed by atoms with Crippen LogP contribution < -0.4 is 15.5 Å². The molecule has 0 heterocycles. The fraction of sp³-hybridized carbons (Fsp3) is 0.118. The van der Waals surface area contributed by atoms with Crippen LogP contribution in [0.1, 0.15) is 5.56 Å². The first-order chi connectivity index (χ1) is 12.6. The quantitative estimate of drug-likeness (QED) is 0.418. The van der Waals surface area contributed by atoms with Gasteiger partial charge in [-0.15, -0.1) is 0 Å². The SMILES string of the molecule is O=C(COc1ccccc1)NCC(=O)N/N=C\c1ccccc1[N+](=O)[O-]. The summed E-state index contributed by atoms with van der Waals surface area (Å²) in [5.74, 6) is -0.499. The van der Waals surface area contributed by atoms with E-state index in [2.05, 4.69) is 15.8 Å². The predicted octanol–water partition coefficient (Wildman–Crippen LogP) is 1.24. The van der Waals surface area contributed by atoms with Crippen molar-refractivity contribution in [1.82, 2.24) is 10.7 Å². The van der Waals surface area contributed by atoms with Crippen molar-refractivity contribution in [1.29, 1.82) is 0 Å². The second-order valence-corrected chi connectivity index (χ2v) is 4.99. The van der Waals surface area contributed by atoms with E-state index >= 15 is 0 Å². The van der Waals surface area contributed by atoms with E-state index in [1.165, 1.54) is 18.2 Å². The van der Waals surface area contributed by atoms with Gasteiger partial charge >= 0.3 is 0 Å². The van der Waals surface area contributed by atoms with E-state index in [1.54, 1.807) is 30.3 Å². The molecule has 0 spiro atoms. The van der Waals surface area contributed by atoms with Gasteiger partial charge in [0, 0.05) is 6.07 Å². The highest BCUT2D eigenvalue weighted by Gasteiger charge is 2.10. The summed E-state index contributed by atoms with van der Waals surface area (Å²) in [6.45, 7) is -0.526. The summed E-state index contributed by atoms with van der Waals surface area (Å²) >= 11 is 0. The lowest BCUT2D eigenvalue weighted by molar-refractivity contribution is -0.385. The molecule has 0 aliphatic heterocycles. The van der Waals surface area contributed by atoms with E-state index in [0.717, 1.165) is 6.21 Å². The maximum Gasteiger partial charge on any atom is 0.278 e. The van der Waals surface area contributed by atoms with Gasteiger partial charge in [-0.05, 0) is 18.2 Å². The summed E-state index contributed by atoms with van der Waals surface area (Å²) in [6.07, 6.45) is 1.16. The largest absolute Gasteiger partial charge is 0.484 e. The number of benzene rings is 2. The molecule has 0 bridgehead atoms. The predicted molar refractivity (Wildman–Crippen MR) is 93.8 cm³/mol. The number of rotatable bonds is 8. The number of hydrazone groups is 1. The van der Waals surface area contributed by atoms with Crippen molar-refractivity contribution in [3.05, 3.63) is 70.3 Å². The minimum Gasteiger partial charge on any atom is -0.484 e. The van der Waals surface area contributed by atoms with Crippen LogP contribution in [0.2, 0.25) is 0 Å². The maximum atomic E-state index is 11.6. The van der Waals surface area contributed by atoms with Gasteiger partial charge < -0.3 is 10.1 Å². The van der Waals surface area contributed by atoms with Crippen molar-refractivity contribution in [2.24, 2.45) is 5.10 Å². The molecule has 9 heteroatoms. The number of hydrogen-bond donors (Lipinski definition) is 2. The van der Waals surface area contributed by atoms with Crippen LogP contribution in [0.25, 0.3) is 0 Å². The molecule has 2 amide bonds. The fourth-order valence-corrected chi connectivity index (χ4v) is 1.87. The highest BCUT2D eigenvalue weighted by molar-refractivity contribution is 5.88. The van der Waals surface area contributed by atoms with Gasteiger partial charge in [0.2, 0.25) is 0 Å². The zero-order valence-electron chi connectivity index (χ0n) is 13.6. The summed E-state index contributed by atoms with van der Waals surface area (Å²) in [5.41, 5.74) is 2.30. The van der Waals surface area contributed by atoms with E-state index in [9.17, 15) is 19.7 Å². The van der Waals surface area contributed by atoms with Crippen LogP contribution in [0.5, 0.6) is 5.75 Å². The first-order valence-electron chi connectivity index (χ1n) is 7.56. The fourth-order valence-electron chi connectivity index (χ4n) is 1.87. The minimum atomic E-state index is -0.576. The molecule has 2 aromatic carbocycles. The standard InChI is InChI=1S/C17H16N4O5/c22-16(11-18-17(23)12-26-14-7-2-1-3-8-14)20-19-10-13-6-4-5-9-15(13)21(24)25/h1-10H,11-12H2,(H,18,23)(H,20,22)/b19-10-. The summed E-state index contributed by atoms with van der Waals surface area (Å²) in [4.78, 5) is 33.5. The molecule has 0 aliphatic rings. The Morgan fingerprint density at radius 2 is 1.77 bits per heavy atom. The Balaban J connectivity index is 1.73. The molecule has 134 valence electrons. The third-order valence-corrected chi connectivity index (χ3v) is 3.09. The Bertz CT molecular complexity index is 808. The van der Waals surface area contributed by atoms with Gasteiger partial charge in [-0.25, -0.2) is 5.43 Å². The van der Waals surface area contributed by atoms with Crippen LogP contribution in [0.15, 0.2) is 59.7 Å². The molecule has 0 aromatic heterocycles. The third-order valence-electron chi connectivity index (χ3n) is 3.09. The van der Waals surface area contributed by atoms with Crippen LogP contribution in [0, 0.1) is 10.1 Å². The molecular formula is C17H16N4O5. The number of carbonyl (C=O) groups is 2. The number of para-hydroxylation sites is 2. The average Bonchev–Trinajstić information content (AvgIpc) is 2.66. The first-order valence-corrected chi connectivity index (χ1v) is 7.56. The number of nitro groups is 1. The molecule has 0 atom stereocenters. The van der Waals surface area contributed by atoms with Gasteiger partial charge in [0.1, 0.15) is 5.75 Å². The van der Waals surface area contributed by atoms with E-state index in [-0.39, 0.29) is 24.4 Å². The molecule has 2 rings (SSSR count). The Labute approximate surface area is 148 Å². The number of ether oxygens (including phenoxy) is 1. The van der Waals surface area contributed by atoms with Gasteiger partial charge in [0.25, 0.3) is 17.5 Å². The van der Waals surface area contributed by atoms with Crippen LogP contribution in [-0.4, -0.2) is 36.1 Å². The Kier molecular flexibility index (Phi) is 6.81. The van der Waals surface area contributed by atoms with Gasteiger partial charge in [-0.2, -0.15) is 5.10 Å². The Hall–Kier alpha value is -3.75. The number of nitro benzene ring substituents is 1. The molecule has 0 saturated carbocycles. The van der Waals surface area contributed by atoms with Crippen molar-refractivity contribution in [2.45, 2.75) is 0 Å². The highest BCUT2D eigenvalue weighted by atomic mass is 16.6. The van der Waals surface area contributed by atoms with Crippen molar-refractivity contribution in [3.63, 3.8) is 0 Å². The summed E-state index contributed by atoms with van der Waals surface area (Å²) in [5, 5.41) is 16.9. The Morgan fingerprint density at radius 3 is 2.50 bits per heavy atom. The van der Waals surface area contributed by atoms with Crippen LogP contribution >= 0.6 is 0 Å². The molecule has 0 fully saturated rings. The molecule has 2 N–H and O–H groups in total. The lowest BCUT2D eigenvalue weighted by Crippen LogP contribution is -2.37. The van der Waals surface area contributed by atoms with Crippen LogP contribution in [-0.2, 0) is 9.59 Å². The highest BCUT2D eigenvalue weighted by Crippen LogP contribution is 2.14. The number of nitrogens with one attached hydrogen (secondary N) is 2. The normalized spacial score (nSPS) is 10.3. The van der Waals surface area contributed by atoms with Crippen molar-refractivity contribution in [2.75, 3.05) is 13.2 Å². The van der Waals surface area contributed by atoms with Gasteiger partial charge in [-0.3, -0.25) is 19.7 Å². The topological polar surface area (TPSA) is 123 Å². The number of amides is 2. The smallest absolute Gasteiger partial charge is 0.278 e. The molecule has 0 unspecified atom stereocenters. The summed E-state index contributed by atoms with van der Waals surface area (Å²) in [6, 6.07) is 14.7. The van der Waals surface area contributed by atoms with Crippen LogP contribution in [0.3, 0.4) is 0 Å². The molecule has 0 aliphatic carbocycles. The van der Waals surface area contributed by atoms with Crippen molar-refractivity contribution in [3.8, 4) is 5.75 Å². The van der Waals surface area contributed by atoms with Gasteiger partial charge in [0.15, 0.2) is 6.61 Å². The number of carbonyl (C=O) groups excluding carboxylic acids is 2. The third kappa shape index (κ3) is 6.04. The average molecular weight is 356 g/mol. The van der Waals surface area contributed by atoms with E-state index in [4.69, 9.17) is 4.74 Å².